The maximum Gasteiger partial charge on any atom is 0.268 e. The average molecular weight is 467 g/mol. The molecule has 0 bridgehead atoms. The number of aldehydes is 1. The Balaban J connectivity index is 1.95. The average Bonchev–Trinajstić information content (AvgIpc) is 2.83. The van der Waals surface area contributed by atoms with Crippen molar-refractivity contribution in [1.82, 2.24) is 5.32 Å². The Hall–Kier alpha value is -3.65. The number of nitrogens with one attached hydrogen (secondary N) is 1. The van der Waals surface area contributed by atoms with Crippen molar-refractivity contribution in [3.8, 4) is 5.75 Å². The van der Waals surface area contributed by atoms with Gasteiger partial charge < -0.3 is 10.1 Å². The summed E-state index contributed by atoms with van der Waals surface area (Å²) in [7, 11) is -2.72. The molecule has 3 rings (SSSR count). The Morgan fingerprint density at radius 3 is 2.48 bits per heavy atom. The van der Waals surface area contributed by atoms with Crippen LogP contribution in [0.5, 0.6) is 5.75 Å². The van der Waals surface area contributed by atoms with E-state index in [1.807, 2.05) is 19.9 Å². The van der Waals surface area contributed by atoms with Gasteiger partial charge in [0.1, 0.15) is 23.5 Å². The Kier molecular flexibility index (Phi) is 7.50. The lowest BCUT2D eigenvalue weighted by atomic mass is 10.1. The van der Waals surface area contributed by atoms with Crippen LogP contribution < -0.4 is 14.4 Å². The van der Waals surface area contributed by atoms with E-state index in [0.717, 1.165) is 27.3 Å². The summed E-state index contributed by atoms with van der Waals surface area (Å²) < 4.78 is 33.8. The highest BCUT2D eigenvalue weighted by Gasteiger charge is 2.31. The number of amides is 1. The molecule has 7 nitrogen and oxygen atoms in total. The zero-order valence-corrected chi connectivity index (χ0v) is 19.6. The zero-order valence-electron chi connectivity index (χ0n) is 18.7. The molecule has 3 aromatic rings. The minimum absolute atomic E-state index is 0.0279. The Morgan fingerprint density at radius 2 is 1.76 bits per heavy atom. The predicted octanol–water partition coefficient (Wildman–Crippen LogP) is 3.64. The summed E-state index contributed by atoms with van der Waals surface area (Å²) >= 11 is 0. The third-order valence-corrected chi connectivity index (χ3v) is 7.15. The molecule has 1 amide bonds. The number of rotatable bonds is 9. The molecule has 8 heteroatoms. The summed E-state index contributed by atoms with van der Waals surface area (Å²) in [5.74, 6) is -0.287. The molecule has 172 valence electrons. The van der Waals surface area contributed by atoms with Crippen molar-refractivity contribution < 1.29 is 22.7 Å². The smallest absolute Gasteiger partial charge is 0.268 e. The van der Waals surface area contributed by atoms with E-state index in [9.17, 15) is 18.0 Å². The normalized spacial score (nSPS) is 11.0. The summed E-state index contributed by atoms with van der Waals surface area (Å²) in [6.07, 6.45) is 0.730. The second-order valence-corrected chi connectivity index (χ2v) is 9.35. The van der Waals surface area contributed by atoms with Crippen LogP contribution in [0, 0.1) is 13.8 Å². The molecule has 0 aliphatic heterocycles. The Bertz CT molecular complexity index is 1270. The van der Waals surface area contributed by atoms with Crippen LogP contribution in [0.2, 0.25) is 0 Å². The molecule has 0 radical (unpaired) electrons. The van der Waals surface area contributed by atoms with Crippen LogP contribution in [-0.4, -0.2) is 34.3 Å². The van der Waals surface area contributed by atoms with E-state index in [4.69, 9.17) is 4.74 Å². The van der Waals surface area contributed by atoms with Gasteiger partial charge in [0.05, 0.1) is 12.8 Å². The van der Waals surface area contributed by atoms with Crippen molar-refractivity contribution in [3.63, 3.8) is 0 Å². The highest BCUT2D eigenvalue weighted by atomic mass is 32.2. The van der Waals surface area contributed by atoms with E-state index < -0.39 is 22.5 Å². The fourth-order valence-electron chi connectivity index (χ4n) is 3.42. The van der Waals surface area contributed by atoms with E-state index in [2.05, 4.69) is 5.32 Å². The largest absolute Gasteiger partial charge is 0.495 e. The van der Waals surface area contributed by atoms with Gasteiger partial charge in [0.2, 0.25) is 5.91 Å². The number of carbonyl (C=O) groups is 2. The standard InChI is InChI=1S/C25H26N2O5S/c1-18-8-6-11-22(19(18)2)27(33(30,31)24-13-5-4-12-23(24)32-3)16-25(29)26-15-20-9-7-10-21(14-20)17-28/h4-14,17H,15-16H2,1-3H3,(H,26,29). The van der Waals surface area contributed by atoms with E-state index in [1.165, 1.54) is 13.2 Å². The minimum Gasteiger partial charge on any atom is -0.495 e. The summed E-state index contributed by atoms with van der Waals surface area (Å²) in [5.41, 5.74) is 3.30. The molecule has 0 atom stereocenters. The van der Waals surface area contributed by atoms with Crippen molar-refractivity contribution in [3.05, 3.63) is 89.0 Å². The van der Waals surface area contributed by atoms with Crippen LogP contribution in [0.15, 0.2) is 71.6 Å². The van der Waals surface area contributed by atoms with Crippen molar-refractivity contribution >= 4 is 27.9 Å². The van der Waals surface area contributed by atoms with Crippen molar-refractivity contribution in [2.75, 3.05) is 18.0 Å². The summed E-state index contributed by atoms with van der Waals surface area (Å²) in [6, 6.07) is 18.5. The maximum absolute atomic E-state index is 13.7. The van der Waals surface area contributed by atoms with Gasteiger partial charge in [0.25, 0.3) is 10.0 Å². The number of carbonyl (C=O) groups excluding carboxylic acids is 2. The monoisotopic (exact) mass is 466 g/mol. The topological polar surface area (TPSA) is 92.8 Å². The summed E-state index contributed by atoms with van der Waals surface area (Å²) in [6.45, 7) is 3.44. The number of benzene rings is 3. The molecule has 0 unspecified atom stereocenters. The van der Waals surface area contributed by atoms with Gasteiger partial charge >= 0.3 is 0 Å². The highest BCUT2D eigenvalue weighted by Crippen LogP contribution is 2.32. The highest BCUT2D eigenvalue weighted by molar-refractivity contribution is 7.93. The first-order valence-corrected chi connectivity index (χ1v) is 11.7. The number of para-hydroxylation sites is 1. The van der Waals surface area contributed by atoms with E-state index >= 15 is 0 Å². The number of hydrogen-bond donors (Lipinski definition) is 1. The molecule has 0 aromatic heterocycles. The molecule has 1 N–H and O–H groups in total. The first kappa shape index (κ1) is 24.0. The van der Waals surface area contributed by atoms with Crippen LogP contribution >= 0.6 is 0 Å². The molecule has 33 heavy (non-hydrogen) atoms. The second-order valence-electron chi connectivity index (χ2n) is 7.52. The summed E-state index contributed by atoms with van der Waals surface area (Å²) in [4.78, 5) is 23.8. The van der Waals surface area contributed by atoms with Crippen LogP contribution in [0.25, 0.3) is 0 Å². The minimum atomic E-state index is -4.12. The number of ether oxygens (including phenoxy) is 1. The van der Waals surface area contributed by atoms with Gasteiger partial charge in [-0.15, -0.1) is 0 Å². The molecular formula is C25H26N2O5S. The number of nitrogens with zero attached hydrogens (tertiary/aromatic N) is 1. The quantitative estimate of drug-likeness (QED) is 0.486. The molecule has 0 saturated carbocycles. The van der Waals surface area contributed by atoms with Gasteiger partial charge in [-0.3, -0.25) is 13.9 Å². The first-order valence-electron chi connectivity index (χ1n) is 10.3. The van der Waals surface area contributed by atoms with Crippen LogP contribution in [0.3, 0.4) is 0 Å². The van der Waals surface area contributed by atoms with Crippen molar-refractivity contribution in [2.24, 2.45) is 0 Å². The SMILES string of the molecule is COc1ccccc1S(=O)(=O)N(CC(=O)NCc1cccc(C=O)c1)c1cccc(C)c1C. The van der Waals surface area contributed by atoms with E-state index in [-0.39, 0.29) is 17.2 Å². The molecular weight excluding hydrogens is 440 g/mol. The van der Waals surface area contributed by atoms with E-state index in [1.54, 1.807) is 54.6 Å². The molecule has 0 aliphatic rings. The predicted molar refractivity (Wildman–Crippen MR) is 127 cm³/mol. The molecule has 0 saturated heterocycles. The van der Waals surface area contributed by atoms with E-state index in [0.29, 0.717) is 11.3 Å². The fraction of sp³-hybridized carbons (Fsp3) is 0.200. The lowest BCUT2D eigenvalue weighted by Crippen LogP contribution is -2.41. The van der Waals surface area contributed by atoms with Crippen molar-refractivity contribution in [1.29, 1.82) is 0 Å². The van der Waals surface area contributed by atoms with Crippen molar-refractivity contribution in [2.45, 2.75) is 25.3 Å². The third kappa shape index (κ3) is 5.40. The molecule has 0 aliphatic carbocycles. The maximum atomic E-state index is 13.7. The van der Waals surface area contributed by atoms with Crippen LogP contribution in [0.1, 0.15) is 27.0 Å². The van der Waals surface area contributed by atoms with Gasteiger partial charge in [-0.2, -0.15) is 0 Å². The second kappa shape index (κ2) is 10.3. The summed E-state index contributed by atoms with van der Waals surface area (Å²) in [5, 5.41) is 2.74. The Labute approximate surface area is 194 Å². The van der Waals surface area contributed by atoms with Crippen LogP contribution in [-0.2, 0) is 21.4 Å². The van der Waals surface area contributed by atoms with Gasteiger partial charge in [-0.1, -0.05) is 42.5 Å². The van der Waals surface area contributed by atoms with Gasteiger partial charge in [-0.05, 0) is 54.8 Å². The molecule has 3 aromatic carbocycles. The van der Waals surface area contributed by atoms with Gasteiger partial charge in [0, 0.05) is 12.1 Å². The first-order chi connectivity index (χ1) is 15.8. The number of aryl methyl sites for hydroxylation is 1. The lowest BCUT2D eigenvalue weighted by molar-refractivity contribution is -0.119. The number of methoxy groups -OCH3 is 1. The van der Waals surface area contributed by atoms with Crippen LogP contribution in [0.4, 0.5) is 5.69 Å². The molecule has 0 heterocycles. The lowest BCUT2D eigenvalue weighted by Gasteiger charge is -2.27. The number of sulfonamides is 1. The Morgan fingerprint density at radius 1 is 1.03 bits per heavy atom. The fourth-order valence-corrected chi connectivity index (χ4v) is 5.06. The third-order valence-electron chi connectivity index (χ3n) is 5.35. The van der Waals surface area contributed by atoms with Gasteiger partial charge in [0.15, 0.2) is 0 Å². The molecule has 0 spiro atoms. The number of hydrogen-bond acceptors (Lipinski definition) is 5. The number of anilines is 1. The zero-order chi connectivity index (χ0) is 24.0. The van der Waals surface area contributed by atoms with Gasteiger partial charge in [-0.25, -0.2) is 8.42 Å². The molecule has 0 fully saturated rings.